The van der Waals surface area contributed by atoms with Crippen LogP contribution in [0.1, 0.15) is 12.5 Å². The fourth-order valence-electron chi connectivity index (χ4n) is 3.50. The van der Waals surface area contributed by atoms with E-state index in [4.69, 9.17) is 0 Å². The molecule has 2 aromatic carbocycles. The van der Waals surface area contributed by atoms with Crippen LogP contribution < -0.4 is 5.56 Å². The van der Waals surface area contributed by atoms with Gasteiger partial charge in [-0.2, -0.15) is 5.26 Å². The monoisotopic (exact) mass is 358 g/mol. The van der Waals surface area contributed by atoms with Crippen molar-refractivity contribution in [3.63, 3.8) is 0 Å². The van der Waals surface area contributed by atoms with Crippen molar-refractivity contribution in [3.8, 4) is 11.8 Å². The van der Waals surface area contributed by atoms with Crippen LogP contribution in [0.2, 0.25) is 0 Å². The molecule has 0 saturated heterocycles. The molecule has 0 atom stereocenters. The summed E-state index contributed by atoms with van der Waals surface area (Å²) in [5.74, 6) is 0. The van der Waals surface area contributed by atoms with E-state index in [1.54, 1.807) is 6.07 Å². The van der Waals surface area contributed by atoms with Crippen LogP contribution in [0.3, 0.4) is 0 Å². The van der Waals surface area contributed by atoms with E-state index >= 15 is 0 Å². The van der Waals surface area contributed by atoms with Crippen LogP contribution in [-0.2, 0) is 6.54 Å². The molecule has 2 heterocycles. The largest absolute Gasteiger partial charge is 0.339 e. The summed E-state index contributed by atoms with van der Waals surface area (Å²) < 4.78 is 3.51. The van der Waals surface area contributed by atoms with Gasteiger partial charge >= 0.3 is 0 Å². The normalized spacial score (nSPS) is 11.0. The van der Waals surface area contributed by atoms with E-state index in [1.165, 1.54) is 28.8 Å². The molecule has 0 aliphatic carbocycles. The van der Waals surface area contributed by atoms with Crippen molar-refractivity contribution < 1.29 is 4.92 Å². The lowest BCUT2D eigenvalue weighted by molar-refractivity contribution is -0.384. The van der Waals surface area contributed by atoms with E-state index in [1.807, 2.05) is 41.8 Å². The number of hydrogen-bond donors (Lipinski definition) is 0. The minimum atomic E-state index is -0.489. The number of nitro benzene ring substituents is 1. The smallest absolute Gasteiger partial charge is 0.273 e. The molecular formula is C20H14N4O3. The summed E-state index contributed by atoms with van der Waals surface area (Å²) in [7, 11) is 0. The topological polar surface area (TPSA) is 93.9 Å². The lowest BCUT2D eigenvalue weighted by atomic mass is 10.2. The quantitative estimate of drug-likeness (QED) is 0.412. The summed E-state index contributed by atoms with van der Waals surface area (Å²) in [4.78, 5) is 23.4. The average molecular weight is 358 g/mol. The summed E-state index contributed by atoms with van der Waals surface area (Å²) in [5.41, 5.74) is 2.41. The first-order valence-electron chi connectivity index (χ1n) is 8.38. The summed E-state index contributed by atoms with van der Waals surface area (Å²) in [5, 5.41) is 21.3. The van der Waals surface area contributed by atoms with Gasteiger partial charge in [0.2, 0.25) is 0 Å². The van der Waals surface area contributed by atoms with Crippen molar-refractivity contribution >= 4 is 27.6 Å². The molecule has 0 aliphatic heterocycles. The number of hydrogen-bond acceptors (Lipinski definition) is 4. The molecule has 0 amide bonds. The van der Waals surface area contributed by atoms with E-state index in [0.717, 1.165) is 16.4 Å². The second-order valence-corrected chi connectivity index (χ2v) is 6.08. The van der Waals surface area contributed by atoms with Crippen LogP contribution in [-0.4, -0.2) is 14.1 Å². The number of aryl methyl sites for hydroxylation is 1. The van der Waals surface area contributed by atoms with Gasteiger partial charge in [0.05, 0.1) is 21.5 Å². The zero-order valence-electron chi connectivity index (χ0n) is 14.4. The van der Waals surface area contributed by atoms with Crippen LogP contribution in [0.15, 0.2) is 59.4 Å². The maximum atomic E-state index is 13.0. The molecule has 0 aliphatic rings. The summed E-state index contributed by atoms with van der Waals surface area (Å²) in [6.45, 7) is 2.67. The van der Waals surface area contributed by atoms with Crippen molar-refractivity contribution in [1.29, 1.82) is 5.26 Å². The van der Waals surface area contributed by atoms with E-state index in [9.17, 15) is 20.2 Å². The zero-order chi connectivity index (χ0) is 19.1. The third kappa shape index (κ3) is 2.39. The van der Waals surface area contributed by atoms with E-state index in [2.05, 4.69) is 0 Å². The Morgan fingerprint density at radius 1 is 1.11 bits per heavy atom. The Hall–Kier alpha value is -3.92. The SMILES string of the molecule is CCn1c2ccccc2c2c1cc(C#N)c(=O)n2-c1ccc([N+](=O)[O-])cc1. The van der Waals surface area contributed by atoms with Gasteiger partial charge < -0.3 is 4.57 Å². The predicted octanol–water partition coefficient (Wildman–Crippen LogP) is 3.75. The minimum Gasteiger partial charge on any atom is -0.339 e. The van der Waals surface area contributed by atoms with Crippen molar-refractivity contribution in [2.24, 2.45) is 0 Å². The first-order valence-corrected chi connectivity index (χ1v) is 8.38. The molecule has 0 spiro atoms. The molecule has 7 heteroatoms. The number of pyridine rings is 1. The Morgan fingerprint density at radius 3 is 2.44 bits per heavy atom. The van der Waals surface area contributed by atoms with Gasteiger partial charge in [0.15, 0.2) is 0 Å². The summed E-state index contributed by atoms with van der Waals surface area (Å²) in [6.07, 6.45) is 0. The second-order valence-electron chi connectivity index (χ2n) is 6.08. The van der Waals surface area contributed by atoms with Crippen molar-refractivity contribution in [3.05, 3.63) is 80.6 Å². The second kappa shape index (κ2) is 6.11. The van der Waals surface area contributed by atoms with Gasteiger partial charge in [0.25, 0.3) is 11.2 Å². The number of nitrogens with zero attached hydrogens (tertiary/aromatic N) is 4. The Labute approximate surface area is 153 Å². The number of aromatic nitrogens is 2. The number of para-hydroxylation sites is 1. The molecule has 0 saturated carbocycles. The van der Waals surface area contributed by atoms with Crippen molar-refractivity contribution in [2.45, 2.75) is 13.5 Å². The number of benzene rings is 2. The Morgan fingerprint density at radius 2 is 1.81 bits per heavy atom. The number of rotatable bonds is 3. The van der Waals surface area contributed by atoms with Gasteiger partial charge in [-0.1, -0.05) is 18.2 Å². The summed E-state index contributed by atoms with van der Waals surface area (Å²) >= 11 is 0. The lowest BCUT2D eigenvalue weighted by Crippen LogP contribution is -2.21. The molecule has 27 heavy (non-hydrogen) atoms. The highest BCUT2D eigenvalue weighted by molar-refractivity contribution is 6.07. The zero-order valence-corrected chi connectivity index (χ0v) is 14.4. The molecule has 2 aromatic heterocycles. The first kappa shape index (κ1) is 16.5. The van der Waals surface area contributed by atoms with Gasteiger partial charge in [-0.05, 0) is 31.2 Å². The Balaban J connectivity index is 2.19. The van der Waals surface area contributed by atoms with E-state index in [0.29, 0.717) is 17.7 Å². The third-order valence-electron chi connectivity index (χ3n) is 4.68. The van der Waals surface area contributed by atoms with Gasteiger partial charge in [0, 0.05) is 29.8 Å². The third-order valence-corrected chi connectivity index (χ3v) is 4.68. The molecule has 7 nitrogen and oxygen atoms in total. The lowest BCUT2D eigenvalue weighted by Gasteiger charge is -2.10. The molecule has 4 aromatic rings. The summed E-state index contributed by atoms with van der Waals surface area (Å²) in [6, 6.07) is 17.1. The number of nitro groups is 1. The molecule has 0 unspecified atom stereocenters. The molecule has 0 fully saturated rings. The number of non-ortho nitro benzene ring substituents is 1. The highest BCUT2D eigenvalue weighted by Crippen LogP contribution is 2.30. The van der Waals surface area contributed by atoms with Crippen LogP contribution in [0.25, 0.3) is 27.6 Å². The minimum absolute atomic E-state index is 0.0263. The fourth-order valence-corrected chi connectivity index (χ4v) is 3.50. The number of nitriles is 1. The molecule has 0 bridgehead atoms. The van der Waals surface area contributed by atoms with Gasteiger partial charge in [0.1, 0.15) is 11.6 Å². The Bertz CT molecular complexity index is 1310. The standard InChI is InChI=1S/C20H14N4O3/c1-2-22-17-6-4-3-5-16(17)19-18(22)11-13(12-21)20(25)23(19)14-7-9-15(10-8-14)24(26)27/h3-11H,2H2,1H3. The molecule has 4 rings (SSSR count). The highest BCUT2D eigenvalue weighted by Gasteiger charge is 2.18. The Kier molecular flexibility index (Phi) is 3.74. The van der Waals surface area contributed by atoms with Crippen LogP contribution in [0, 0.1) is 21.4 Å². The number of fused-ring (bicyclic) bond motifs is 3. The molecule has 0 N–H and O–H groups in total. The maximum absolute atomic E-state index is 13.0. The highest BCUT2D eigenvalue weighted by atomic mass is 16.6. The first-order chi connectivity index (χ1) is 13.1. The maximum Gasteiger partial charge on any atom is 0.273 e. The van der Waals surface area contributed by atoms with Crippen molar-refractivity contribution in [2.75, 3.05) is 0 Å². The van der Waals surface area contributed by atoms with Crippen LogP contribution in [0.5, 0.6) is 0 Å². The average Bonchev–Trinajstić information content (AvgIpc) is 3.00. The fraction of sp³-hybridized carbons (Fsp3) is 0.100. The van der Waals surface area contributed by atoms with E-state index in [-0.39, 0.29) is 11.3 Å². The molecule has 0 radical (unpaired) electrons. The molecular weight excluding hydrogens is 344 g/mol. The van der Waals surface area contributed by atoms with Gasteiger partial charge in [-0.15, -0.1) is 0 Å². The molecule has 132 valence electrons. The van der Waals surface area contributed by atoms with Crippen LogP contribution in [0.4, 0.5) is 5.69 Å². The van der Waals surface area contributed by atoms with Crippen molar-refractivity contribution in [1.82, 2.24) is 9.13 Å². The van der Waals surface area contributed by atoms with E-state index < -0.39 is 10.5 Å². The van der Waals surface area contributed by atoms with Crippen LogP contribution >= 0.6 is 0 Å². The predicted molar refractivity (Wildman–Crippen MR) is 102 cm³/mol. The van der Waals surface area contributed by atoms with Gasteiger partial charge in [-0.3, -0.25) is 19.5 Å². The van der Waals surface area contributed by atoms with Gasteiger partial charge in [-0.25, -0.2) is 0 Å².